The van der Waals surface area contributed by atoms with E-state index in [1.807, 2.05) is 12.2 Å². The number of hydrogen-bond acceptors (Lipinski definition) is 2. The lowest BCUT2D eigenvalue weighted by Crippen LogP contribution is -2.49. The van der Waals surface area contributed by atoms with Gasteiger partial charge in [-0.05, 0) is 25.7 Å². The van der Waals surface area contributed by atoms with Crippen molar-refractivity contribution in [1.29, 1.82) is 0 Å². The smallest absolute Gasteiger partial charge is 0.414 e. The van der Waals surface area contributed by atoms with Gasteiger partial charge >= 0.3 is 6.09 Å². The zero-order valence-corrected chi connectivity index (χ0v) is 7.90. The summed E-state index contributed by atoms with van der Waals surface area (Å²) in [6, 6.07) is 0. The van der Waals surface area contributed by atoms with Crippen LogP contribution < -0.4 is 0 Å². The molecule has 0 radical (unpaired) electrons. The third-order valence-electron chi connectivity index (χ3n) is 3.15. The van der Waals surface area contributed by atoms with Crippen LogP contribution in [0.5, 0.6) is 0 Å². The molecule has 1 saturated heterocycles. The predicted octanol–water partition coefficient (Wildman–Crippen LogP) is 1.62. The highest BCUT2D eigenvalue weighted by Crippen LogP contribution is 2.42. The summed E-state index contributed by atoms with van der Waals surface area (Å²) in [7, 11) is 0. The summed E-state index contributed by atoms with van der Waals surface area (Å²) in [5, 5.41) is 8.84. The van der Waals surface area contributed by atoms with E-state index >= 15 is 0 Å². The average Bonchev–Trinajstić information content (AvgIpc) is 2.59. The number of imide groups is 1. The van der Waals surface area contributed by atoms with E-state index in [1.165, 1.54) is 0 Å². The summed E-state index contributed by atoms with van der Waals surface area (Å²) in [5.74, 6) is -0.207. The molecule has 4 heteroatoms. The van der Waals surface area contributed by atoms with Gasteiger partial charge in [0.2, 0.25) is 5.91 Å². The quantitative estimate of drug-likeness (QED) is 0.597. The summed E-state index contributed by atoms with van der Waals surface area (Å²) < 4.78 is 0. The largest absolute Gasteiger partial charge is 0.465 e. The van der Waals surface area contributed by atoms with Crippen molar-refractivity contribution in [1.82, 2.24) is 4.90 Å². The van der Waals surface area contributed by atoms with Crippen molar-refractivity contribution < 1.29 is 14.7 Å². The lowest BCUT2D eigenvalue weighted by Gasteiger charge is -2.36. The van der Waals surface area contributed by atoms with E-state index in [9.17, 15) is 9.59 Å². The minimum atomic E-state index is -1.11. The van der Waals surface area contributed by atoms with Crippen LogP contribution in [0.25, 0.3) is 0 Å². The molecule has 0 saturated carbocycles. The molecule has 0 aromatic rings. The van der Waals surface area contributed by atoms with Crippen molar-refractivity contribution in [3.63, 3.8) is 0 Å². The number of nitrogens with zero attached hydrogens (tertiary/aromatic N) is 1. The normalized spacial score (nSPS) is 24.6. The number of carbonyl (C=O) groups is 2. The fourth-order valence-electron chi connectivity index (χ4n) is 2.33. The zero-order valence-electron chi connectivity index (χ0n) is 7.90. The summed E-state index contributed by atoms with van der Waals surface area (Å²) in [6.07, 6.45) is 5.86. The molecule has 1 fully saturated rings. The van der Waals surface area contributed by atoms with Gasteiger partial charge in [0, 0.05) is 6.54 Å². The Morgan fingerprint density at radius 3 is 2.64 bits per heavy atom. The van der Waals surface area contributed by atoms with Crippen molar-refractivity contribution in [2.45, 2.75) is 25.7 Å². The van der Waals surface area contributed by atoms with Crippen molar-refractivity contribution in [2.75, 3.05) is 6.54 Å². The Kier molecular flexibility index (Phi) is 2.06. The van der Waals surface area contributed by atoms with E-state index in [4.69, 9.17) is 5.11 Å². The fourth-order valence-corrected chi connectivity index (χ4v) is 2.33. The number of hydrogen-bond donors (Lipinski definition) is 1. The standard InChI is InChI=1S/C10H13NO3/c12-8-10(4-1-2-5-10)6-3-7-11(8)9(13)14/h1-2H,3-7H2,(H,13,14). The Morgan fingerprint density at radius 1 is 1.43 bits per heavy atom. The number of carboxylic acid groups (broad SMARTS) is 1. The second kappa shape index (κ2) is 3.12. The maximum Gasteiger partial charge on any atom is 0.414 e. The molecule has 76 valence electrons. The molecule has 1 aliphatic heterocycles. The van der Waals surface area contributed by atoms with Crippen LogP contribution in [0.4, 0.5) is 4.79 Å². The highest BCUT2D eigenvalue weighted by Gasteiger charge is 2.45. The Labute approximate surface area is 82.2 Å². The van der Waals surface area contributed by atoms with Crippen LogP contribution in [0.1, 0.15) is 25.7 Å². The number of amides is 2. The monoisotopic (exact) mass is 195 g/mol. The van der Waals surface area contributed by atoms with Crippen LogP contribution in [-0.4, -0.2) is 28.6 Å². The van der Waals surface area contributed by atoms with E-state index in [-0.39, 0.29) is 5.91 Å². The van der Waals surface area contributed by atoms with Gasteiger partial charge < -0.3 is 5.11 Å². The number of rotatable bonds is 0. The summed E-state index contributed by atoms with van der Waals surface area (Å²) in [5.41, 5.74) is -0.420. The van der Waals surface area contributed by atoms with E-state index in [2.05, 4.69) is 0 Å². The van der Waals surface area contributed by atoms with Gasteiger partial charge in [-0.25, -0.2) is 9.69 Å². The Morgan fingerprint density at radius 2 is 2.07 bits per heavy atom. The van der Waals surface area contributed by atoms with E-state index in [1.54, 1.807) is 0 Å². The third kappa shape index (κ3) is 1.22. The SMILES string of the molecule is O=C(O)N1CCCC2(CC=CC2)C1=O. The number of carbonyl (C=O) groups excluding carboxylic acids is 1. The first kappa shape index (κ1) is 9.24. The first-order chi connectivity index (χ1) is 6.66. The molecule has 0 aromatic heterocycles. The molecule has 2 rings (SSSR count). The molecule has 1 aliphatic carbocycles. The van der Waals surface area contributed by atoms with Gasteiger partial charge in [0.05, 0.1) is 5.41 Å². The van der Waals surface area contributed by atoms with Crippen LogP contribution in [0.15, 0.2) is 12.2 Å². The van der Waals surface area contributed by atoms with Gasteiger partial charge in [-0.1, -0.05) is 12.2 Å². The lowest BCUT2D eigenvalue weighted by atomic mass is 9.77. The molecule has 1 heterocycles. The molecular weight excluding hydrogens is 182 g/mol. The molecule has 4 nitrogen and oxygen atoms in total. The first-order valence-electron chi connectivity index (χ1n) is 4.86. The summed E-state index contributed by atoms with van der Waals surface area (Å²) in [6.45, 7) is 0.357. The molecule has 1 spiro atoms. The van der Waals surface area contributed by atoms with Gasteiger partial charge in [0.15, 0.2) is 0 Å². The van der Waals surface area contributed by atoms with Crippen molar-refractivity contribution >= 4 is 12.0 Å². The fraction of sp³-hybridized carbons (Fsp3) is 0.600. The molecule has 0 aromatic carbocycles. The molecule has 2 aliphatic rings. The summed E-state index contributed by atoms with van der Waals surface area (Å²) >= 11 is 0. The van der Waals surface area contributed by atoms with Crippen LogP contribution in [0.3, 0.4) is 0 Å². The van der Waals surface area contributed by atoms with Gasteiger partial charge in [0.1, 0.15) is 0 Å². The number of piperidine rings is 1. The van der Waals surface area contributed by atoms with Gasteiger partial charge in [-0.15, -0.1) is 0 Å². The lowest BCUT2D eigenvalue weighted by molar-refractivity contribution is -0.143. The highest BCUT2D eigenvalue weighted by atomic mass is 16.4. The van der Waals surface area contributed by atoms with Crippen LogP contribution in [-0.2, 0) is 4.79 Å². The number of likely N-dealkylation sites (tertiary alicyclic amines) is 1. The van der Waals surface area contributed by atoms with Gasteiger partial charge in [0.25, 0.3) is 0 Å². The zero-order chi connectivity index (χ0) is 10.2. The maximum atomic E-state index is 11.9. The Hall–Kier alpha value is -1.32. The molecule has 0 atom stereocenters. The third-order valence-corrected chi connectivity index (χ3v) is 3.15. The highest BCUT2D eigenvalue weighted by molar-refractivity contribution is 5.95. The number of allylic oxidation sites excluding steroid dienone is 2. The molecule has 14 heavy (non-hydrogen) atoms. The van der Waals surface area contributed by atoms with Crippen LogP contribution in [0, 0.1) is 5.41 Å². The molecule has 0 unspecified atom stereocenters. The van der Waals surface area contributed by atoms with Crippen LogP contribution in [0.2, 0.25) is 0 Å². The Bertz CT molecular complexity index is 300. The van der Waals surface area contributed by atoms with E-state index in [0.29, 0.717) is 19.4 Å². The van der Waals surface area contributed by atoms with Gasteiger partial charge in [-0.3, -0.25) is 4.79 Å². The molecule has 0 bridgehead atoms. The van der Waals surface area contributed by atoms with Crippen molar-refractivity contribution in [3.8, 4) is 0 Å². The molecule has 1 N–H and O–H groups in total. The molecule has 2 amide bonds. The maximum absolute atomic E-state index is 11.9. The second-order valence-electron chi connectivity index (χ2n) is 4.00. The van der Waals surface area contributed by atoms with Gasteiger partial charge in [-0.2, -0.15) is 0 Å². The van der Waals surface area contributed by atoms with Crippen LogP contribution >= 0.6 is 0 Å². The molecular formula is C10H13NO3. The first-order valence-corrected chi connectivity index (χ1v) is 4.86. The topological polar surface area (TPSA) is 57.6 Å². The predicted molar refractivity (Wildman–Crippen MR) is 49.8 cm³/mol. The second-order valence-corrected chi connectivity index (χ2v) is 4.00. The Balaban J connectivity index is 2.21. The van der Waals surface area contributed by atoms with Crippen molar-refractivity contribution in [3.05, 3.63) is 12.2 Å². The summed E-state index contributed by atoms with van der Waals surface area (Å²) in [4.78, 5) is 23.7. The van der Waals surface area contributed by atoms with E-state index < -0.39 is 11.5 Å². The average molecular weight is 195 g/mol. The van der Waals surface area contributed by atoms with Crippen molar-refractivity contribution in [2.24, 2.45) is 5.41 Å². The van der Waals surface area contributed by atoms with E-state index in [0.717, 1.165) is 17.7 Å². The minimum absolute atomic E-state index is 0.207. The minimum Gasteiger partial charge on any atom is -0.465 e.